The van der Waals surface area contributed by atoms with E-state index in [1.165, 1.54) is 11.4 Å². The molecule has 0 radical (unpaired) electrons. The molecule has 0 aromatic carbocycles. The largest absolute Gasteiger partial charge is 0.301 e. The Balaban J connectivity index is 4.37. The van der Waals surface area contributed by atoms with Crippen molar-refractivity contribution in [1.29, 1.82) is 0 Å². The highest BCUT2D eigenvalue weighted by Gasteiger charge is 2.23. The summed E-state index contributed by atoms with van der Waals surface area (Å²) in [6.45, 7) is 8.88. The first kappa shape index (κ1) is 13.8. The molecule has 0 saturated heterocycles. The predicted molar refractivity (Wildman–Crippen MR) is 55.8 cm³/mol. The Labute approximate surface area is 86.6 Å². The summed E-state index contributed by atoms with van der Waals surface area (Å²) in [5.41, 5.74) is -0.537. The second-order valence-corrected chi connectivity index (χ2v) is 6.11. The average molecular weight is 224 g/mol. The minimum atomic E-state index is -3.53. The molecule has 0 heterocycles. The van der Waals surface area contributed by atoms with Gasteiger partial charge < -0.3 is 0 Å². The molecule has 86 valence electrons. The molecule has 0 aliphatic heterocycles. The molecule has 0 aromatic rings. The van der Waals surface area contributed by atoms with Crippen LogP contribution in [0.4, 0.5) is 0 Å². The lowest BCUT2D eigenvalue weighted by Gasteiger charge is -2.24. The number of hydrogen-bond acceptors (Lipinski definition) is 3. The van der Waals surface area contributed by atoms with Crippen molar-refractivity contribution in [2.75, 3.05) is 7.05 Å². The van der Waals surface area contributed by atoms with Crippen molar-refractivity contribution in [2.45, 2.75) is 46.3 Å². The van der Waals surface area contributed by atoms with E-state index in [9.17, 15) is 8.42 Å². The zero-order chi connectivity index (χ0) is 11.6. The lowest BCUT2D eigenvalue weighted by atomic mass is 10.2. The summed E-state index contributed by atoms with van der Waals surface area (Å²) in [6.07, 6.45) is 0. The normalized spacial score (nSPS) is 14.0. The van der Waals surface area contributed by atoms with Crippen molar-refractivity contribution < 1.29 is 13.3 Å². The van der Waals surface area contributed by atoms with Gasteiger partial charge in [-0.3, -0.25) is 4.84 Å². The maximum Gasteiger partial charge on any atom is 0.301 e. The Morgan fingerprint density at radius 1 is 1.29 bits per heavy atom. The highest BCUT2D eigenvalue weighted by Crippen LogP contribution is 2.07. The Hall–Kier alpha value is -0.170. The summed E-state index contributed by atoms with van der Waals surface area (Å²) in [4.78, 5) is 7.06. The fourth-order valence-corrected chi connectivity index (χ4v) is 1.54. The molecule has 0 fully saturated rings. The quantitative estimate of drug-likeness (QED) is 0.721. The maximum atomic E-state index is 11.5. The summed E-state index contributed by atoms with van der Waals surface area (Å²) in [7, 11) is -2.03. The Kier molecular flexibility index (Phi) is 4.51. The van der Waals surface area contributed by atoms with E-state index < -0.39 is 15.8 Å². The molecule has 5 nitrogen and oxygen atoms in total. The molecule has 0 aromatic heterocycles. The van der Waals surface area contributed by atoms with Crippen molar-refractivity contribution in [3.8, 4) is 0 Å². The summed E-state index contributed by atoms with van der Waals surface area (Å²) < 4.78 is 24.2. The third-order valence-corrected chi connectivity index (χ3v) is 3.03. The van der Waals surface area contributed by atoms with Gasteiger partial charge in [0.05, 0.1) is 5.60 Å². The van der Waals surface area contributed by atoms with Crippen LogP contribution >= 0.6 is 0 Å². The van der Waals surface area contributed by atoms with Gasteiger partial charge in [0.15, 0.2) is 0 Å². The molecule has 6 heteroatoms. The van der Waals surface area contributed by atoms with E-state index in [1.807, 2.05) is 0 Å². The van der Waals surface area contributed by atoms with Crippen LogP contribution in [0.1, 0.15) is 34.6 Å². The highest BCUT2D eigenvalue weighted by atomic mass is 32.2. The first-order valence-electron chi connectivity index (χ1n) is 4.49. The molecule has 0 unspecified atom stereocenters. The number of rotatable bonds is 4. The second-order valence-electron chi connectivity index (χ2n) is 4.41. The Morgan fingerprint density at radius 2 is 1.71 bits per heavy atom. The Morgan fingerprint density at radius 3 is 2.00 bits per heavy atom. The third kappa shape index (κ3) is 4.90. The molecule has 1 N–H and O–H groups in total. The van der Waals surface area contributed by atoms with Crippen molar-refractivity contribution in [1.82, 2.24) is 9.19 Å². The van der Waals surface area contributed by atoms with Gasteiger partial charge in [0.2, 0.25) is 0 Å². The smallest absolute Gasteiger partial charge is 0.280 e. The maximum absolute atomic E-state index is 11.5. The van der Waals surface area contributed by atoms with E-state index >= 15 is 0 Å². The van der Waals surface area contributed by atoms with Gasteiger partial charge in [0.25, 0.3) is 0 Å². The van der Waals surface area contributed by atoms with E-state index in [2.05, 4.69) is 4.89 Å². The molecule has 0 bridgehead atoms. The monoisotopic (exact) mass is 224 g/mol. The first-order chi connectivity index (χ1) is 6.06. The zero-order valence-electron chi connectivity index (χ0n) is 9.66. The van der Waals surface area contributed by atoms with Gasteiger partial charge in [-0.25, -0.2) is 0 Å². The van der Waals surface area contributed by atoms with Gasteiger partial charge in [0.1, 0.15) is 0 Å². The molecular weight excluding hydrogens is 204 g/mol. The molecule has 0 saturated carbocycles. The number of nitrogens with one attached hydrogen (secondary N) is 1. The minimum absolute atomic E-state index is 0.101. The average Bonchev–Trinajstić information content (AvgIpc) is 1.98. The summed E-state index contributed by atoms with van der Waals surface area (Å²) in [6, 6.07) is -0.101. The number of nitrogens with zero attached hydrogens (tertiary/aromatic N) is 1. The molecule has 14 heavy (non-hydrogen) atoms. The predicted octanol–water partition coefficient (Wildman–Crippen LogP) is 0.891. The van der Waals surface area contributed by atoms with Crippen molar-refractivity contribution >= 4 is 10.2 Å². The first-order valence-corrected chi connectivity index (χ1v) is 5.93. The van der Waals surface area contributed by atoms with Gasteiger partial charge in [-0.05, 0) is 34.6 Å². The van der Waals surface area contributed by atoms with Crippen LogP contribution in [0.15, 0.2) is 0 Å². The number of hydrogen-bond donors (Lipinski definition) is 1. The highest BCUT2D eigenvalue weighted by molar-refractivity contribution is 7.87. The van der Waals surface area contributed by atoms with Gasteiger partial charge >= 0.3 is 10.2 Å². The van der Waals surface area contributed by atoms with Crippen LogP contribution in [0.3, 0.4) is 0 Å². The van der Waals surface area contributed by atoms with Crippen molar-refractivity contribution in [2.24, 2.45) is 0 Å². The van der Waals surface area contributed by atoms with Crippen LogP contribution in [0, 0.1) is 0 Å². The van der Waals surface area contributed by atoms with Crippen molar-refractivity contribution in [3.63, 3.8) is 0 Å². The van der Waals surface area contributed by atoms with Gasteiger partial charge in [-0.1, -0.05) is 4.89 Å². The fraction of sp³-hybridized carbons (Fsp3) is 1.00. The van der Waals surface area contributed by atoms with Crippen molar-refractivity contribution in [3.05, 3.63) is 0 Å². The topological polar surface area (TPSA) is 58.6 Å². The van der Waals surface area contributed by atoms with E-state index in [1.54, 1.807) is 34.6 Å². The van der Waals surface area contributed by atoms with Crippen LogP contribution in [-0.2, 0) is 15.0 Å². The standard InChI is InChI=1S/C8H20N2O3S/c1-7(2)10(6)14(11,12)9-13-8(3,4)5/h7,9H,1-6H3. The van der Waals surface area contributed by atoms with Crippen LogP contribution in [0.5, 0.6) is 0 Å². The fourth-order valence-electron chi connectivity index (χ4n) is 0.514. The summed E-state index contributed by atoms with van der Waals surface area (Å²) >= 11 is 0. The minimum Gasteiger partial charge on any atom is -0.280 e. The molecule has 0 amide bonds. The van der Waals surface area contributed by atoms with E-state index in [4.69, 9.17) is 4.84 Å². The molecule has 0 spiro atoms. The van der Waals surface area contributed by atoms with Gasteiger partial charge in [-0.2, -0.15) is 12.7 Å². The lowest BCUT2D eigenvalue weighted by Crippen LogP contribution is -2.44. The van der Waals surface area contributed by atoms with Crippen LogP contribution < -0.4 is 4.89 Å². The molecule has 0 aliphatic rings. The molecular formula is C8H20N2O3S. The molecule has 0 rings (SSSR count). The summed E-state index contributed by atoms with van der Waals surface area (Å²) in [5, 5.41) is 0. The zero-order valence-corrected chi connectivity index (χ0v) is 10.5. The third-order valence-electron chi connectivity index (χ3n) is 1.56. The second kappa shape index (κ2) is 4.57. The van der Waals surface area contributed by atoms with E-state index in [0.717, 1.165) is 0 Å². The lowest BCUT2D eigenvalue weighted by molar-refractivity contribution is -0.0382. The molecule has 0 aliphatic carbocycles. The van der Waals surface area contributed by atoms with E-state index in [0.29, 0.717) is 0 Å². The molecule has 0 atom stereocenters. The van der Waals surface area contributed by atoms with Gasteiger partial charge in [0, 0.05) is 13.1 Å². The van der Waals surface area contributed by atoms with Gasteiger partial charge in [-0.15, -0.1) is 0 Å². The summed E-state index contributed by atoms with van der Waals surface area (Å²) in [5.74, 6) is 0. The van der Waals surface area contributed by atoms with E-state index in [-0.39, 0.29) is 6.04 Å². The van der Waals surface area contributed by atoms with Crippen LogP contribution in [0.2, 0.25) is 0 Å². The Bertz CT molecular complexity index is 267. The van der Waals surface area contributed by atoms with Crippen LogP contribution in [0.25, 0.3) is 0 Å². The SMILES string of the molecule is CC(C)N(C)S(=O)(=O)NOC(C)(C)C. The van der Waals surface area contributed by atoms with Crippen LogP contribution in [-0.4, -0.2) is 31.4 Å².